The first-order valence-corrected chi connectivity index (χ1v) is 9.10. The highest BCUT2D eigenvalue weighted by atomic mass is 35.5. The molecule has 0 spiro atoms. The average Bonchev–Trinajstić information content (AvgIpc) is 2.68. The van der Waals surface area contributed by atoms with Crippen molar-refractivity contribution < 1.29 is 19.6 Å². The number of aliphatic hydroxyl groups is 1. The molecule has 6 nitrogen and oxygen atoms in total. The van der Waals surface area contributed by atoms with E-state index >= 15 is 0 Å². The Morgan fingerprint density at radius 1 is 1.29 bits per heavy atom. The van der Waals surface area contributed by atoms with Gasteiger partial charge in [0.1, 0.15) is 5.76 Å². The number of esters is 1. The van der Waals surface area contributed by atoms with Crippen molar-refractivity contribution in [1.29, 1.82) is 0 Å². The number of allylic oxidation sites excluding steroid dienone is 2. The van der Waals surface area contributed by atoms with E-state index in [1.807, 2.05) is 0 Å². The van der Waals surface area contributed by atoms with Crippen molar-refractivity contribution in [3.05, 3.63) is 92.2 Å². The van der Waals surface area contributed by atoms with E-state index in [0.717, 1.165) is 0 Å². The topological polar surface area (TPSA) is 89.7 Å². The highest BCUT2D eigenvalue weighted by molar-refractivity contribution is 6.31. The van der Waals surface area contributed by atoms with E-state index in [2.05, 4.69) is 0 Å². The molecule has 0 radical (unpaired) electrons. The summed E-state index contributed by atoms with van der Waals surface area (Å²) in [7, 11) is 0. The minimum atomic E-state index is -0.612. The van der Waals surface area contributed by atoms with Gasteiger partial charge in [-0.25, -0.2) is 4.79 Å². The third kappa shape index (κ3) is 3.92. The van der Waals surface area contributed by atoms with Crippen LogP contribution in [0.5, 0.6) is 0 Å². The maximum Gasteiger partial charge on any atom is 0.338 e. The summed E-state index contributed by atoms with van der Waals surface area (Å²) in [6.07, 6.45) is 1.79. The van der Waals surface area contributed by atoms with E-state index < -0.39 is 16.8 Å². The fraction of sp³-hybridized carbons (Fsp3) is 0.190. The van der Waals surface area contributed by atoms with Crippen molar-refractivity contribution in [2.45, 2.75) is 19.3 Å². The Kier molecular flexibility index (Phi) is 5.80. The molecule has 2 aromatic rings. The van der Waals surface area contributed by atoms with Crippen LogP contribution in [-0.2, 0) is 9.53 Å². The molecule has 2 aromatic carbocycles. The summed E-state index contributed by atoms with van der Waals surface area (Å²) < 4.78 is 5.12. The summed E-state index contributed by atoms with van der Waals surface area (Å²) in [5, 5.41) is 22.2. The summed E-state index contributed by atoms with van der Waals surface area (Å²) in [6, 6.07) is 13.2. The molecule has 0 fully saturated rings. The summed E-state index contributed by atoms with van der Waals surface area (Å²) in [5.41, 5.74) is 2.02. The third-order valence-electron chi connectivity index (χ3n) is 4.56. The first-order chi connectivity index (χ1) is 13.4. The number of hydrogen-bond donors (Lipinski definition) is 1. The normalized spacial score (nSPS) is 16.5. The lowest BCUT2D eigenvalue weighted by Gasteiger charge is -2.26. The molecule has 1 aliphatic rings. The van der Waals surface area contributed by atoms with E-state index in [0.29, 0.717) is 28.1 Å². The number of hydrogen-bond acceptors (Lipinski definition) is 5. The monoisotopic (exact) mass is 399 g/mol. The van der Waals surface area contributed by atoms with Gasteiger partial charge < -0.3 is 9.84 Å². The second kappa shape index (κ2) is 8.27. The molecule has 1 atom stereocenters. The molecule has 0 saturated carbocycles. The quantitative estimate of drug-likeness (QED) is 0.424. The van der Waals surface area contributed by atoms with Gasteiger partial charge in [-0.3, -0.25) is 10.1 Å². The van der Waals surface area contributed by atoms with E-state index in [9.17, 15) is 20.0 Å². The average molecular weight is 400 g/mol. The molecule has 0 heterocycles. The SMILES string of the molecule is CCOC(=O)C1=C(O)C=C(c2cccc([N+](=O)[O-])c2)CC1c1ccccc1Cl. The van der Waals surface area contributed by atoms with Gasteiger partial charge in [-0.2, -0.15) is 0 Å². The Morgan fingerprint density at radius 2 is 2.04 bits per heavy atom. The zero-order valence-electron chi connectivity index (χ0n) is 15.1. The molecule has 1 unspecified atom stereocenters. The van der Waals surface area contributed by atoms with Crippen molar-refractivity contribution in [2.24, 2.45) is 0 Å². The van der Waals surface area contributed by atoms with Crippen LogP contribution in [0.3, 0.4) is 0 Å². The van der Waals surface area contributed by atoms with Crippen molar-refractivity contribution >= 4 is 28.8 Å². The molecule has 1 N–H and O–H groups in total. The zero-order chi connectivity index (χ0) is 20.3. The molecule has 0 aliphatic heterocycles. The van der Waals surface area contributed by atoms with E-state index in [-0.39, 0.29) is 23.6 Å². The van der Waals surface area contributed by atoms with Gasteiger partial charge in [0.15, 0.2) is 0 Å². The van der Waals surface area contributed by atoms with Gasteiger partial charge in [0.2, 0.25) is 0 Å². The lowest BCUT2D eigenvalue weighted by Crippen LogP contribution is -2.20. The Balaban J connectivity index is 2.12. The van der Waals surface area contributed by atoms with E-state index in [4.69, 9.17) is 16.3 Å². The number of nitro groups is 1. The predicted octanol–water partition coefficient (Wildman–Crippen LogP) is 5.19. The van der Waals surface area contributed by atoms with Crippen molar-refractivity contribution in [1.82, 2.24) is 0 Å². The van der Waals surface area contributed by atoms with Gasteiger partial charge >= 0.3 is 5.97 Å². The van der Waals surface area contributed by atoms with E-state index in [1.165, 1.54) is 18.2 Å². The number of ether oxygens (including phenoxy) is 1. The van der Waals surface area contributed by atoms with E-state index in [1.54, 1.807) is 43.3 Å². The minimum Gasteiger partial charge on any atom is -0.507 e. The molecule has 144 valence electrons. The van der Waals surface area contributed by atoms with Crippen LogP contribution in [0.2, 0.25) is 5.02 Å². The standard InChI is InChI=1S/C21H18ClNO5/c1-2-28-21(25)20-17(16-8-3-4-9-18(16)22)11-14(12-19(20)24)13-6-5-7-15(10-13)23(26)27/h3-10,12,17,24H,2,11H2,1H3. The highest BCUT2D eigenvalue weighted by Crippen LogP contribution is 2.43. The molecule has 7 heteroatoms. The predicted molar refractivity (Wildman–Crippen MR) is 106 cm³/mol. The van der Waals surface area contributed by atoms with Crippen molar-refractivity contribution in [2.75, 3.05) is 6.61 Å². The van der Waals surface area contributed by atoms with Crippen LogP contribution in [-0.4, -0.2) is 22.6 Å². The molecular formula is C21H18ClNO5. The van der Waals surface area contributed by atoms with Crippen LogP contribution in [0.4, 0.5) is 5.69 Å². The van der Waals surface area contributed by atoms with Crippen molar-refractivity contribution in [3.8, 4) is 0 Å². The third-order valence-corrected chi connectivity index (χ3v) is 4.91. The minimum absolute atomic E-state index is 0.0487. The largest absolute Gasteiger partial charge is 0.507 e. The van der Waals surface area contributed by atoms with Gasteiger partial charge in [-0.15, -0.1) is 0 Å². The highest BCUT2D eigenvalue weighted by Gasteiger charge is 2.33. The number of halogens is 1. The Bertz CT molecular complexity index is 996. The number of rotatable bonds is 5. The second-order valence-electron chi connectivity index (χ2n) is 6.27. The molecular weight excluding hydrogens is 382 g/mol. The smallest absolute Gasteiger partial charge is 0.338 e. The van der Waals surface area contributed by atoms with Crippen LogP contribution in [0, 0.1) is 10.1 Å². The Labute approximate surface area is 166 Å². The molecule has 1 aliphatic carbocycles. The summed E-state index contributed by atoms with van der Waals surface area (Å²) in [5.74, 6) is -1.37. The summed E-state index contributed by atoms with van der Waals surface area (Å²) in [4.78, 5) is 23.1. The van der Waals surface area contributed by atoms with Gasteiger partial charge in [-0.1, -0.05) is 41.9 Å². The molecule has 0 saturated heterocycles. The van der Waals surface area contributed by atoms with Crippen LogP contribution in [0.25, 0.3) is 5.57 Å². The van der Waals surface area contributed by atoms with Crippen molar-refractivity contribution in [3.63, 3.8) is 0 Å². The zero-order valence-corrected chi connectivity index (χ0v) is 15.8. The second-order valence-corrected chi connectivity index (χ2v) is 6.68. The lowest BCUT2D eigenvalue weighted by atomic mass is 9.79. The number of non-ortho nitro benzene ring substituents is 1. The molecule has 0 amide bonds. The van der Waals surface area contributed by atoms with Gasteiger partial charge in [0.05, 0.1) is 17.1 Å². The van der Waals surface area contributed by atoms with Crippen LogP contribution < -0.4 is 0 Å². The summed E-state index contributed by atoms with van der Waals surface area (Å²) >= 11 is 6.35. The van der Waals surface area contributed by atoms with Gasteiger partial charge in [-0.05, 0) is 42.2 Å². The first kappa shape index (κ1) is 19.6. The number of nitrogens with zero attached hydrogens (tertiary/aromatic N) is 1. The molecule has 3 rings (SSSR count). The molecule has 0 aromatic heterocycles. The van der Waals surface area contributed by atoms with Crippen LogP contribution in [0.15, 0.2) is 65.9 Å². The molecule has 28 heavy (non-hydrogen) atoms. The molecule has 0 bridgehead atoms. The number of aliphatic hydroxyl groups excluding tert-OH is 1. The maximum absolute atomic E-state index is 12.5. The Morgan fingerprint density at radius 3 is 2.71 bits per heavy atom. The summed E-state index contributed by atoms with van der Waals surface area (Å²) in [6.45, 7) is 1.86. The van der Waals surface area contributed by atoms with Crippen LogP contribution in [0.1, 0.15) is 30.4 Å². The fourth-order valence-corrected chi connectivity index (χ4v) is 3.57. The van der Waals surface area contributed by atoms with Gasteiger partial charge in [0.25, 0.3) is 5.69 Å². The number of carbonyl (C=O) groups is 1. The first-order valence-electron chi connectivity index (χ1n) is 8.72. The van der Waals surface area contributed by atoms with Crippen LogP contribution >= 0.6 is 11.6 Å². The maximum atomic E-state index is 12.5. The van der Waals surface area contributed by atoms with Gasteiger partial charge in [0, 0.05) is 23.1 Å². The number of carbonyl (C=O) groups excluding carboxylic acids is 1. The number of nitro benzene ring substituents is 1. The Hall–Kier alpha value is -3.12. The number of benzene rings is 2. The fourth-order valence-electron chi connectivity index (χ4n) is 3.30. The lowest BCUT2D eigenvalue weighted by molar-refractivity contribution is -0.384.